The molecule has 0 aliphatic heterocycles. The SMILES string of the molecule is CCC(=O)NCC1CC2CC(CC)CC(C1)C2. The molecule has 2 aliphatic carbocycles. The van der Waals surface area contributed by atoms with Crippen LogP contribution in [0.4, 0.5) is 0 Å². The molecule has 2 rings (SSSR count). The first-order valence-corrected chi connectivity index (χ1v) is 7.47. The molecule has 0 saturated heterocycles. The normalized spacial score (nSPS) is 36.6. The zero-order valence-corrected chi connectivity index (χ0v) is 11.4. The molecule has 0 heterocycles. The minimum absolute atomic E-state index is 0.215. The third kappa shape index (κ3) is 3.46. The number of carbonyl (C=O) groups excluding carboxylic acids is 1. The lowest BCUT2D eigenvalue weighted by atomic mass is 9.64. The number of fused-ring (bicyclic) bond motifs is 2. The lowest BCUT2D eigenvalue weighted by molar-refractivity contribution is -0.121. The highest BCUT2D eigenvalue weighted by molar-refractivity contribution is 5.75. The molecule has 2 nitrogen and oxygen atoms in total. The number of hydrogen-bond acceptors (Lipinski definition) is 1. The average Bonchev–Trinajstić information content (AvgIpc) is 2.34. The van der Waals surface area contributed by atoms with Crippen LogP contribution < -0.4 is 5.32 Å². The zero-order valence-electron chi connectivity index (χ0n) is 11.4. The van der Waals surface area contributed by atoms with Gasteiger partial charge in [-0.1, -0.05) is 20.3 Å². The molecule has 0 radical (unpaired) electrons. The van der Waals surface area contributed by atoms with Crippen LogP contribution in [0.2, 0.25) is 0 Å². The maximum Gasteiger partial charge on any atom is 0.219 e. The number of amides is 1. The maximum atomic E-state index is 11.3. The van der Waals surface area contributed by atoms with Crippen LogP contribution in [0.25, 0.3) is 0 Å². The Bertz CT molecular complexity index is 250. The number of nitrogens with one attached hydrogen (secondary N) is 1. The standard InChI is InChI=1S/C15H27NO/c1-3-11-5-12-7-13(6-11)9-14(8-12)10-16-15(17)4-2/h11-14H,3-10H2,1-2H3,(H,16,17). The van der Waals surface area contributed by atoms with Crippen molar-refractivity contribution in [1.82, 2.24) is 5.32 Å². The molecule has 0 spiro atoms. The fraction of sp³-hybridized carbons (Fsp3) is 0.933. The Kier molecular flexibility index (Phi) is 4.47. The molecule has 98 valence electrons. The minimum atomic E-state index is 0.215. The summed E-state index contributed by atoms with van der Waals surface area (Å²) in [5, 5.41) is 3.08. The predicted molar refractivity (Wildman–Crippen MR) is 70.6 cm³/mol. The zero-order chi connectivity index (χ0) is 12.3. The Morgan fingerprint density at radius 1 is 1.00 bits per heavy atom. The van der Waals surface area contributed by atoms with E-state index in [1.165, 1.54) is 38.5 Å². The van der Waals surface area contributed by atoms with Crippen LogP contribution in [-0.2, 0) is 4.79 Å². The van der Waals surface area contributed by atoms with E-state index >= 15 is 0 Å². The highest BCUT2D eigenvalue weighted by atomic mass is 16.1. The molecule has 1 N–H and O–H groups in total. The molecular formula is C15H27NO. The minimum Gasteiger partial charge on any atom is -0.356 e. The molecule has 2 bridgehead atoms. The number of rotatable bonds is 4. The van der Waals surface area contributed by atoms with Crippen LogP contribution in [-0.4, -0.2) is 12.5 Å². The van der Waals surface area contributed by atoms with Crippen molar-refractivity contribution in [1.29, 1.82) is 0 Å². The lowest BCUT2D eigenvalue weighted by Crippen LogP contribution is -2.36. The third-order valence-electron chi connectivity index (χ3n) is 4.82. The van der Waals surface area contributed by atoms with E-state index in [2.05, 4.69) is 12.2 Å². The average molecular weight is 237 g/mol. The van der Waals surface area contributed by atoms with E-state index in [4.69, 9.17) is 0 Å². The van der Waals surface area contributed by atoms with Crippen LogP contribution in [0, 0.1) is 23.7 Å². The molecule has 2 saturated carbocycles. The van der Waals surface area contributed by atoms with Gasteiger partial charge in [0.15, 0.2) is 0 Å². The van der Waals surface area contributed by atoms with Crippen LogP contribution >= 0.6 is 0 Å². The summed E-state index contributed by atoms with van der Waals surface area (Å²) in [5.41, 5.74) is 0. The molecule has 2 aliphatic rings. The van der Waals surface area contributed by atoms with Crippen molar-refractivity contribution in [3.63, 3.8) is 0 Å². The van der Waals surface area contributed by atoms with Crippen LogP contribution in [0.5, 0.6) is 0 Å². The van der Waals surface area contributed by atoms with Crippen LogP contribution in [0.1, 0.15) is 58.8 Å². The molecule has 2 fully saturated rings. The topological polar surface area (TPSA) is 29.1 Å². The van der Waals surface area contributed by atoms with Crippen molar-refractivity contribution in [2.24, 2.45) is 23.7 Å². The summed E-state index contributed by atoms with van der Waals surface area (Å²) in [5.74, 6) is 3.87. The monoisotopic (exact) mass is 237 g/mol. The second-order valence-corrected chi connectivity index (χ2v) is 6.21. The molecule has 2 heteroatoms. The van der Waals surface area contributed by atoms with Gasteiger partial charge in [0, 0.05) is 13.0 Å². The Morgan fingerprint density at radius 2 is 1.59 bits per heavy atom. The number of hydrogen-bond donors (Lipinski definition) is 1. The quantitative estimate of drug-likeness (QED) is 0.798. The third-order valence-corrected chi connectivity index (χ3v) is 4.82. The van der Waals surface area contributed by atoms with Gasteiger partial charge in [-0.25, -0.2) is 0 Å². The predicted octanol–water partition coefficient (Wildman–Crippen LogP) is 3.37. The summed E-state index contributed by atoms with van der Waals surface area (Å²) < 4.78 is 0. The van der Waals surface area contributed by atoms with Crippen molar-refractivity contribution in [3.8, 4) is 0 Å². The van der Waals surface area contributed by atoms with Crippen molar-refractivity contribution in [3.05, 3.63) is 0 Å². The van der Waals surface area contributed by atoms with Crippen molar-refractivity contribution in [2.45, 2.75) is 58.8 Å². The van der Waals surface area contributed by atoms with Gasteiger partial charge in [0.25, 0.3) is 0 Å². The smallest absolute Gasteiger partial charge is 0.219 e. The highest BCUT2D eigenvalue weighted by Gasteiger charge is 2.35. The van der Waals surface area contributed by atoms with E-state index in [1.807, 2.05) is 6.92 Å². The molecule has 0 aromatic heterocycles. The molecule has 0 aromatic rings. The van der Waals surface area contributed by atoms with Gasteiger partial charge in [0.05, 0.1) is 0 Å². The van der Waals surface area contributed by atoms with E-state index in [-0.39, 0.29) is 5.91 Å². The second kappa shape index (κ2) is 5.88. The molecule has 17 heavy (non-hydrogen) atoms. The fourth-order valence-electron chi connectivity index (χ4n) is 4.01. The highest BCUT2D eigenvalue weighted by Crippen LogP contribution is 2.45. The molecule has 1 amide bonds. The first-order valence-electron chi connectivity index (χ1n) is 7.47. The van der Waals surface area contributed by atoms with Crippen molar-refractivity contribution < 1.29 is 4.79 Å². The Morgan fingerprint density at radius 3 is 2.12 bits per heavy atom. The Hall–Kier alpha value is -0.530. The lowest BCUT2D eigenvalue weighted by Gasteiger charge is -2.42. The molecule has 2 atom stereocenters. The summed E-state index contributed by atoms with van der Waals surface area (Å²) in [6.45, 7) is 5.19. The summed E-state index contributed by atoms with van der Waals surface area (Å²) in [4.78, 5) is 11.3. The number of carbonyl (C=O) groups is 1. The largest absolute Gasteiger partial charge is 0.356 e. The van der Waals surface area contributed by atoms with Gasteiger partial charge >= 0.3 is 0 Å². The van der Waals surface area contributed by atoms with E-state index < -0.39 is 0 Å². The van der Waals surface area contributed by atoms with Gasteiger partial charge in [-0.2, -0.15) is 0 Å². The second-order valence-electron chi connectivity index (χ2n) is 6.21. The van der Waals surface area contributed by atoms with Crippen molar-refractivity contribution in [2.75, 3.05) is 6.54 Å². The summed E-state index contributed by atoms with van der Waals surface area (Å²) in [7, 11) is 0. The maximum absolute atomic E-state index is 11.3. The van der Waals surface area contributed by atoms with Gasteiger partial charge in [0.1, 0.15) is 0 Å². The fourth-order valence-corrected chi connectivity index (χ4v) is 4.01. The summed E-state index contributed by atoms with van der Waals surface area (Å²) in [6.07, 6.45) is 9.07. The van der Waals surface area contributed by atoms with E-state index in [0.29, 0.717) is 6.42 Å². The van der Waals surface area contributed by atoms with Gasteiger partial charge in [0.2, 0.25) is 5.91 Å². The van der Waals surface area contributed by atoms with Crippen molar-refractivity contribution >= 4 is 5.91 Å². The molecule has 0 aromatic carbocycles. The summed E-state index contributed by atoms with van der Waals surface area (Å²) in [6, 6.07) is 0. The molecular weight excluding hydrogens is 210 g/mol. The molecule has 2 unspecified atom stereocenters. The van der Waals surface area contributed by atoms with Gasteiger partial charge < -0.3 is 5.32 Å². The van der Waals surface area contributed by atoms with Gasteiger partial charge in [-0.15, -0.1) is 0 Å². The van der Waals surface area contributed by atoms with E-state index in [9.17, 15) is 4.79 Å². The van der Waals surface area contributed by atoms with Gasteiger partial charge in [-0.3, -0.25) is 4.79 Å². The van der Waals surface area contributed by atoms with E-state index in [1.54, 1.807) is 0 Å². The first-order chi connectivity index (χ1) is 8.21. The van der Waals surface area contributed by atoms with Crippen LogP contribution in [0.15, 0.2) is 0 Å². The van der Waals surface area contributed by atoms with Gasteiger partial charge in [-0.05, 0) is 55.8 Å². The first kappa shape index (κ1) is 12.9. The van der Waals surface area contributed by atoms with E-state index in [0.717, 1.165) is 30.2 Å². The Labute approximate surface area is 106 Å². The Balaban J connectivity index is 1.79. The summed E-state index contributed by atoms with van der Waals surface area (Å²) >= 11 is 0. The van der Waals surface area contributed by atoms with Crippen LogP contribution in [0.3, 0.4) is 0 Å².